The van der Waals surface area contributed by atoms with Crippen LogP contribution in [0, 0.1) is 25.7 Å². The second-order valence-electron chi connectivity index (χ2n) is 5.44. The Morgan fingerprint density at radius 3 is 2.42 bits per heavy atom. The second kappa shape index (κ2) is 4.92. The summed E-state index contributed by atoms with van der Waals surface area (Å²) in [4.78, 5) is 0.128. The molecule has 1 aliphatic rings. The average molecular weight is 287 g/mol. The Hall–Kier alpha value is -0.850. The third-order valence-electron chi connectivity index (χ3n) is 3.92. The lowest BCUT2D eigenvalue weighted by Gasteiger charge is -2.17. The summed E-state index contributed by atoms with van der Waals surface area (Å²) in [6.07, 6.45) is 1.08. The highest BCUT2D eigenvalue weighted by atomic mass is 32.2. The summed E-state index contributed by atoms with van der Waals surface area (Å²) in [5, 5.41) is 9.35. The van der Waals surface area contributed by atoms with Crippen LogP contribution >= 0.6 is 0 Å². The van der Waals surface area contributed by atoms with E-state index < -0.39 is 10.0 Å². The van der Waals surface area contributed by atoms with E-state index in [2.05, 4.69) is 6.92 Å². The molecule has 1 aliphatic carbocycles. The van der Waals surface area contributed by atoms with Crippen LogP contribution in [0.25, 0.3) is 0 Å². The van der Waals surface area contributed by atoms with Crippen molar-refractivity contribution in [3.05, 3.63) is 17.1 Å². The maximum Gasteiger partial charge on any atom is 0.246 e. The van der Waals surface area contributed by atoms with Crippen molar-refractivity contribution in [1.82, 2.24) is 4.31 Å². The number of sulfonamides is 1. The second-order valence-corrected chi connectivity index (χ2v) is 7.42. The van der Waals surface area contributed by atoms with Crippen molar-refractivity contribution in [1.29, 1.82) is 0 Å². The minimum absolute atomic E-state index is 0.128. The molecule has 108 valence electrons. The van der Waals surface area contributed by atoms with E-state index in [0.29, 0.717) is 35.5 Å². The predicted molar refractivity (Wildman–Crippen MR) is 71.2 cm³/mol. The molecular formula is C13H21NO4S. The fourth-order valence-corrected chi connectivity index (χ4v) is 4.09. The fourth-order valence-electron chi connectivity index (χ4n) is 2.47. The largest absolute Gasteiger partial charge is 0.465 e. The van der Waals surface area contributed by atoms with Crippen molar-refractivity contribution < 1.29 is 17.9 Å². The zero-order valence-electron chi connectivity index (χ0n) is 11.8. The molecule has 5 nitrogen and oxygen atoms in total. The van der Waals surface area contributed by atoms with Gasteiger partial charge < -0.3 is 9.52 Å². The summed E-state index contributed by atoms with van der Waals surface area (Å²) < 4.78 is 31.9. The van der Waals surface area contributed by atoms with Crippen molar-refractivity contribution >= 4 is 10.0 Å². The first-order valence-corrected chi connectivity index (χ1v) is 7.89. The van der Waals surface area contributed by atoms with Crippen molar-refractivity contribution in [2.24, 2.45) is 11.8 Å². The maximum atomic E-state index is 12.6. The Balaban J connectivity index is 2.33. The van der Waals surface area contributed by atoms with E-state index in [0.717, 1.165) is 6.42 Å². The van der Waals surface area contributed by atoms with Crippen LogP contribution in [0.2, 0.25) is 0 Å². The SMILES string of the molecule is Cc1oc(C)c(S(=O)(=O)N(C)CC2CC2C)c1CO. The van der Waals surface area contributed by atoms with E-state index in [9.17, 15) is 13.5 Å². The average Bonchev–Trinajstić information content (AvgIpc) is 2.90. The molecule has 1 fully saturated rings. The van der Waals surface area contributed by atoms with Gasteiger partial charge in [0.1, 0.15) is 16.4 Å². The first kappa shape index (κ1) is 14.6. The van der Waals surface area contributed by atoms with Crippen LogP contribution in [-0.4, -0.2) is 31.4 Å². The molecule has 0 aromatic carbocycles. The van der Waals surface area contributed by atoms with E-state index in [1.165, 1.54) is 4.31 Å². The van der Waals surface area contributed by atoms with Crippen molar-refractivity contribution in [2.75, 3.05) is 13.6 Å². The Kier molecular flexibility index (Phi) is 3.77. The molecule has 1 heterocycles. The van der Waals surface area contributed by atoms with E-state index in [1.807, 2.05) is 0 Å². The molecule has 2 rings (SSSR count). The molecule has 19 heavy (non-hydrogen) atoms. The summed E-state index contributed by atoms with van der Waals surface area (Å²) >= 11 is 0. The van der Waals surface area contributed by atoms with E-state index >= 15 is 0 Å². The van der Waals surface area contributed by atoms with Crippen LogP contribution in [0.5, 0.6) is 0 Å². The van der Waals surface area contributed by atoms with Crippen molar-refractivity contribution in [3.63, 3.8) is 0 Å². The van der Waals surface area contributed by atoms with Gasteiger partial charge in [-0.1, -0.05) is 6.92 Å². The van der Waals surface area contributed by atoms with Crippen molar-refractivity contribution in [2.45, 2.75) is 38.7 Å². The first-order chi connectivity index (χ1) is 8.78. The van der Waals surface area contributed by atoms with Crippen LogP contribution < -0.4 is 0 Å². The van der Waals surface area contributed by atoms with Crippen LogP contribution in [0.1, 0.15) is 30.4 Å². The van der Waals surface area contributed by atoms with Gasteiger partial charge in [-0.15, -0.1) is 0 Å². The van der Waals surface area contributed by atoms with Gasteiger partial charge in [0.25, 0.3) is 0 Å². The third-order valence-corrected chi connectivity index (χ3v) is 5.94. The van der Waals surface area contributed by atoms with Crippen molar-refractivity contribution in [3.8, 4) is 0 Å². The summed E-state index contributed by atoms with van der Waals surface area (Å²) in [5.74, 6) is 1.86. The van der Waals surface area contributed by atoms with Gasteiger partial charge >= 0.3 is 0 Å². The topological polar surface area (TPSA) is 70.8 Å². The van der Waals surface area contributed by atoms with Gasteiger partial charge in [0.15, 0.2) is 0 Å². The normalized spacial score (nSPS) is 23.1. The van der Waals surface area contributed by atoms with E-state index in [4.69, 9.17) is 4.42 Å². The van der Waals surface area contributed by atoms with Crippen LogP contribution in [0.15, 0.2) is 9.31 Å². The van der Waals surface area contributed by atoms with Gasteiger partial charge in [-0.2, -0.15) is 0 Å². The van der Waals surface area contributed by atoms with Gasteiger partial charge in [0, 0.05) is 19.2 Å². The van der Waals surface area contributed by atoms with E-state index in [1.54, 1.807) is 20.9 Å². The molecule has 1 saturated carbocycles. The predicted octanol–water partition coefficient (Wildman–Crippen LogP) is 1.67. The molecule has 2 atom stereocenters. The molecular weight excluding hydrogens is 266 g/mol. The Labute approximate surface area is 114 Å². The molecule has 1 N–H and O–H groups in total. The summed E-state index contributed by atoms with van der Waals surface area (Å²) in [6, 6.07) is 0. The number of aliphatic hydroxyl groups excluding tert-OH is 1. The summed E-state index contributed by atoms with van der Waals surface area (Å²) in [7, 11) is -2.00. The minimum atomic E-state index is -3.59. The third kappa shape index (κ3) is 2.57. The lowest BCUT2D eigenvalue weighted by molar-refractivity contribution is 0.276. The van der Waals surface area contributed by atoms with Gasteiger partial charge in [0.05, 0.1) is 6.61 Å². The zero-order chi connectivity index (χ0) is 14.4. The minimum Gasteiger partial charge on any atom is -0.465 e. The molecule has 0 amide bonds. The number of hydrogen-bond acceptors (Lipinski definition) is 4. The lowest BCUT2D eigenvalue weighted by atomic mass is 10.2. The number of nitrogens with zero attached hydrogens (tertiary/aromatic N) is 1. The van der Waals surface area contributed by atoms with Crippen LogP contribution in [0.4, 0.5) is 0 Å². The molecule has 6 heteroatoms. The van der Waals surface area contributed by atoms with Crippen LogP contribution in [0.3, 0.4) is 0 Å². The number of rotatable bonds is 5. The number of furan rings is 1. The highest BCUT2D eigenvalue weighted by Crippen LogP contribution is 2.39. The zero-order valence-corrected chi connectivity index (χ0v) is 12.6. The molecule has 0 saturated heterocycles. The van der Waals surface area contributed by atoms with Gasteiger partial charge in [0.2, 0.25) is 10.0 Å². The molecule has 2 unspecified atom stereocenters. The van der Waals surface area contributed by atoms with Crippen LogP contribution in [-0.2, 0) is 16.6 Å². The maximum absolute atomic E-state index is 12.6. The first-order valence-electron chi connectivity index (χ1n) is 6.45. The Morgan fingerprint density at radius 1 is 1.37 bits per heavy atom. The molecule has 0 bridgehead atoms. The molecule has 0 spiro atoms. The standard InChI is InChI=1S/C13H21NO4S/c1-8-5-11(8)6-14(4)19(16,17)13-10(3)18-9(2)12(13)7-15/h8,11,15H,5-7H2,1-4H3. The fraction of sp³-hybridized carbons (Fsp3) is 0.692. The Bertz CT molecular complexity index is 576. The summed E-state index contributed by atoms with van der Waals surface area (Å²) in [5.41, 5.74) is 0.369. The smallest absolute Gasteiger partial charge is 0.246 e. The number of aliphatic hydroxyl groups is 1. The summed E-state index contributed by atoms with van der Waals surface area (Å²) in [6.45, 7) is 5.61. The van der Waals surface area contributed by atoms with Gasteiger partial charge in [-0.3, -0.25) is 0 Å². The molecule has 0 aliphatic heterocycles. The van der Waals surface area contributed by atoms with Gasteiger partial charge in [-0.05, 0) is 32.1 Å². The molecule has 1 aromatic rings. The Morgan fingerprint density at radius 2 is 1.95 bits per heavy atom. The molecule has 0 radical (unpaired) electrons. The lowest BCUT2D eigenvalue weighted by Crippen LogP contribution is -2.30. The molecule has 1 aromatic heterocycles. The highest BCUT2D eigenvalue weighted by molar-refractivity contribution is 7.89. The quantitative estimate of drug-likeness (QED) is 0.894. The monoisotopic (exact) mass is 287 g/mol. The van der Waals surface area contributed by atoms with E-state index in [-0.39, 0.29) is 11.5 Å². The number of aryl methyl sites for hydroxylation is 2. The van der Waals surface area contributed by atoms with Gasteiger partial charge in [-0.25, -0.2) is 12.7 Å². The number of hydrogen-bond donors (Lipinski definition) is 1. The highest BCUT2D eigenvalue weighted by Gasteiger charge is 2.38.